The van der Waals surface area contributed by atoms with E-state index in [0.29, 0.717) is 25.7 Å². The molecular weight excluding hydrogens is 399 g/mol. The van der Waals surface area contributed by atoms with Gasteiger partial charge >= 0.3 is 51.4 Å². The second-order valence-electron chi connectivity index (χ2n) is 8.17. The van der Waals surface area contributed by atoms with E-state index in [-0.39, 0.29) is 57.5 Å². The number of unbranched alkanes of at least 4 members (excludes halogenated alkanes) is 11. The average Bonchev–Trinajstić information content (AvgIpc) is 2.60. The molecule has 0 aromatic heterocycles. The quantitative estimate of drug-likeness (QED) is 0.177. The Kier molecular flexibility index (Phi) is 24.6. The molecule has 0 saturated heterocycles. The van der Waals surface area contributed by atoms with Crippen LogP contribution in [0.25, 0.3) is 0 Å². The molecule has 0 aromatic carbocycles. The van der Waals surface area contributed by atoms with E-state index >= 15 is 0 Å². The van der Waals surface area contributed by atoms with Gasteiger partial charge in [-0.3, -0.25) is 0 Å². The molecule has 164 valence electrons. The van der Waals surface area contributed by atoms with E-state index in [1.54, 1.807) is 0 Å². The van der Waals surface area contributed by atoms with Gasteiger partial charge in [0.05, 0.1) is 16.2 Å². The zero-order chi connectivity index (χ0) is 20.4. The van der Waals surface area contributed by atoms with Crippen molar-refractivity contribution in [2.45, 2.75) is 141 Å². The van der Waals surface area contributed by atoms with Gasteiger partial charge in [0.1, 0.15) is 0 Å². The van der Waals surface area contributed by atoms with Gasteiger partial charge in [0.15, 0.2) is 0 Å². The zero-order valence-corrected chi connectivity index (χ0v) is 22.9. The molecule has 0 rings (SSSR count). The summed E-state index contributed by atoms with van der Waals surface area (Å²) in [5.41, 5.74) is 0. The Hall–Kier alpha value is 1.51. The van der Waals surface area contributed by atoms with Gasteiger partial charge in [0, 0.05) is 5.25 Å². The van der Waals surface area contributed by atoms with Gasteiger partial charge in [0.2, 0.25) is 0 Å². The molecular formula is C22H45KO4S. The molecule has 0 heterocycles. The molecule has 0 aliphatic rings. The van der Waals surface area contributed by atoms with Gasteiger partial charge in [-0.15, -0.1) is 0 Å². The molecule has 6 heteroatoms. The van der Waals surface area contributed by atoms with Crippen molar-refractivity contribution >= 4 is 10.1 Å². The third kappa shape index (κ3) is 20.8. The molecule has 0 saturated carbocycles. The predicted octanol–water partition coefficient (Wildman–Crippen LogP) is 3.33. The van der Waals surface area contributed by atoms with E-state index in [4.69, 9.17) is 0 Å². The molecule has 4 nitrogen and oxygen atoms in total. The molecule has 0 spiro atoms. The van der Waals surface area contributed by atoms with E-state index in [1.807, 2.05) is 6.92 Å². The third-order valence-electron chi connectivity index (χ3n) is 5.47. The largest absolute Gasteiger partial charge is 1.00 e. The van der Waals surface area contributed by atoms with Crippen LogP contribution in [0.1, 0.15) is 129 Å². The van der Waals surface area contributed by atoms with E-state index in [9.17, 15) is 18.1 Å². The maximum atomic E-state index is 11.5. The summed E-state index contributed by atoms with van der Waals surface area (Å²) < 4.78 is 34.4. The summed E-state index contributed by atoms with van der Waals surface area (Å²) in [6.45, 7) is 4.28. The number of aliphatic hydroxyl groups is 1. The van der Waals surface area contributed by atoms with Crippen molar-refractivity contribution in [3.63, 3.8) is 0 Å². The molecule has 2 unspecified atom stereocenters. The first kappa shape index (κ1) is 31.7. The van der Waals surface area contributed by atoms with Crippen LogP contribution < -0.4 is 51.4 Å². The Balaban J connectivity index is 0. The Morgan fingerprint density at radius 2 is 1.04 bits per heavy atom. The van der Waals surface area contributed by atoms with E-state index < -0.39 is 15.4 Å². The smallest absolute Gasteiger partial charge is 0.748 e. The molecule has 1 N–H and O–H groups in total. The fourth-order valence-electron chi connectivity index (χ4n) is 3.70. The normalized spacial score (nSPS) is 13.9. The van der Waals surface area contributed by atoms with Crippen LogP contribution in [-0.4, -0.2) is 29.4 Å². The van der Waals surface area contributed by atoms with Crippen molar-refractivity contribution in [1.29, 1.82) is 0 Å². The van der Waals surface area contributed by atoms with Crippen LogP contribution in [0.2, 0.25) is 0 Å². The third-order valence-corrected chi connectivity index (χ3v) is 6.76. The standard InChI is InChI=1S/C22H46O4S.K/c1-3-5-6-7-8-9-10-11-12-13-14-19-22(27(24,25)26)20-16-15-18-21(23)17-4-2;/h21-23H,3-20H2,1-2H3,(H,24,25,26);/q;+1/p-1. The summed E-state index contributed by atoms with van der Waals surface area (Å²) in [5, 5.41) is 8.97. The minimum Gasteiger partial charge on any atom is -0.748 e. The number of aliphatic hydroxyl groups excluding tert-OH is 1. The number of rotatable bonds is 20. The molecule has 0 radical (unpaired) electrons. The molecule has 0 aliphatic carbocycles. The molecule has 0 amide bonds. The SMILES string of the molecule is CCCCCCCCCCCCCC(CCCCC(O)CCC)S(=O)(=O)[O-].[K+]. The maximum Gasteiger partial charge on any atom is 1.00 e. The first-order chi connectivity index (χ1) is 12.9. The Labute approximate surface area is 218 Å². The first-order valence-electron chi connectivity index (χ1n) is 11.5. The van der Waals surface area contributed by atoms with Crippen LogP contribution in [0.4, 0.5) is 0 Å². The van der Waals surface area contributed by atoms with Gasteiger partial charge in [-0.2, -0.15) is 0 Å². The summed E-state index contributed by atoms with van der Waals surface area (Å²) in [7, 11) is -4.20. The molecule has 2 atom stereocenters. The van der Waals surface area contributed by atoms with Crippen molar-refractivity contribution in [3.8, 4) is 0 Å². The Morgan fingerprint density at radius 3 is 1.46 bits per heavy atom. The maximum absolute atomic E-state index is 11.5. The minimum atomic E-state index is -4.20. The van der Waals surface area contributed by atoms with Crippen LogP contribution in [-0.2, 0) is 10.1 Å². The Bertz CT molecular complexity index is 415. The molecule has 0 bridgehead atoms. The van der Waals surface area contributed by atoms with Gasteiger partial charge < -0.3 is 9.66 Å². The Morgan fingerprint density at radius 1 is 0.643 bits per heavy atom. The van der Waals surface area contributed by atoms with Crippen LogP contribution in [0.5, 0.6) is 0 Å². The fraction of sp³-hybridized carbons (Fsp3) is 1.00. The van der Waals surface area contributed by atoms with E-state index in [0.717, 1.165) is 38.5 Å². The molecule has 0 aromatic rings. The average molecular weight is 445 g/mol. The summed E-state index contributed by atoms with van der Waals surface area (Å²) in [5.74, 6) is 0. The van der Waals surface area contributed by atoms with Crippen LogP contribution in [0.3, 0.4) is 0 Å². The summed E-state index contributed by atoms with van der Waals surface area (Å²) in [4.78, 5) is 0. The minimum absolute atomic E-state index is 0. The van der Waals surface area contributed by atoms with Gasteiger partial charge in [-0.1, -0.05) is 104 Å². The van der Waals surface area contributed by atoms with Gasteiger partial charge in [-0.25, -0.2) is 8.42 Å². The van der Waals surface area contributed by atoms with Gasteiger partial charge in [-0.05, 0) is 25.7 Å². The first-order valence-corrected chi connectivity index (χ1v) is 13.0. The fourth-order valence-corrected chi connectivity index (χ4v) is 4.61. The van der Waals surface area contributed by atoms with E-state index in [2.05, 4.69) is 6.92 Å². The number of hydrogen-bond acceptors (Lipinski definition) is 4. The van der Waals surface area contributed by atoms with E-state index in [1.165, 1.54) is 51.4 Å². The second kappa shape index (κ2) is 21.7. The molecule has 0 aliphatic heterocycles. The second-order valence-corrected chi connectivity index (χ2v) is 9.82. The van der Waals surface area contributed by atoms with Crippen molar-refractivity contribution in [2.24, 2.45) is 0 Å². The van der Waals surface area contributed by atoms with Crippen molar-refractivity contribution < 1.29 is 69.5 Å². The summed E-state index contributed by atoms with van der Waals surface area (Å²) in [6.07, 6.45) is 18.1. The zero-order valence-electron chi connectivity index (χ0n) is 19.0. The van der Waals surface area contributed by atoms with Crippen LogP contribution >= 0.6 is 0 Å². The summed E-state index contributed by atoms with van der Waals surface area (Å²) >= 11 is 0. The predicted molar refractivity (Wildman–Crippen MR) is 114 cm³/mol. The van der Waals surface area contributed by atoms with Crippen LogP contribution in [0.15, 0.2) is 0 Å². The monoisotopic (exact) mass is 444 g/mol. The summed E-state index contributed by atoms with van der Waals surface area (Å²) in [6, 6.07) is 0. The van der Waals surface area contributed by atoms with Crippen molar-refractivity contribution in [2.75, 3.05) is 0 Å². The molecule has 28 heavy (non-hydrogen) atoms. The van der Waals surface area contributed by atoms with Crippen LogP contribution in [0, 0.1) is 0 Å². The number of hydrogen-bond donors (Lipinski definition) is 1. The molecule has 0 fully saturated rings. The topological polar surface area (TPSA) is 77.4 Å². The van der Waals surface area contributed by atoms with Gasteiger partial charge in [0.25, 0.3) is 0 Å². The van der Waals surface area contributed by atoms with Crippen molar-refractivity contribution in [1.82, 2.24) is 0 Å². The van der Waals surface area contributed by atoms with Crippen molar-refractivity contribution in [3.05, 3.63) is 0 Å².